The quantitative estimate of drug-likeness (QED) is 0.400. The topological polar surface area (TPSA) is 140 Å². The highest BCUT2D eigenvalue weighted by Crippen LogP contribution is 2.30. The Morgan fingerprint density at radius 1 is 1.43 bits per heavy atom. The van der Waals surface area contributed by atoms with Crippen LogP contribution in [0.2, 0.25) is 0 Å². The number of hydrazine groups is 1. The van der Waals surface area contributed by atoms with Crippen LogP contribution in [-0.4, -0.2) is 18.3 Å². The third kappa shape index (κ3) is 3.47. The maximum atomic E-state index is 12.2. The van der Waals surface area contributed by atoms with Gasteiger partial charge in [0.2, 0.25) is 0 Å². The van der Waals surface area contributed by atoms with Gasteiger partial charge in [-0.15, -0.1) is 0 Å². The molecule has 0 amide bonds. The molecule has 0 radical (unpaired) electrons. The number of sulfonamides is 1. The third-order valence-corrected chi connectivity index (χ3v) is 5.22. The van der Waals surface area contributed by atoms with Gasteiger partial charge in [0.05, 0.1) is 20.6 Å². The van der Waals surface area contributed by atoms with E-state index in [1.807, 2.05) is 0 Å². The van der Waals surface area contributed by atoms with E-state index in [2.05, 4.69) is 31.1 Å². The van der Waals surface area contributed by atoms with Gasteiger partial charge >= 0.3 is 0 Å². The van der Waals surface area contributed by atoms with Crippen LogP contribution in [-0.2, 0) is 10.0 Å². The highest BCUT2D eigenvalue weighted by molar-refractivity contribution is 9.11. The number of hydrogen-bond acceptors (Lipinski definition) is 8. The largest absolute Gasteiger partial charge is 0.324 e. The van der Waals surface area contributed by atoms with Crippen molar-refractivity contribution in [3.8, 4) is 0 Å². The molecular formula is C9H8BrN5O4S2. The normalized spacial score (nSPS) is 11.1. The van der Waals surface area contributed by atoms with E-state index in [4.69, 9.17) is 5.84 Å². The number of rotatable bonds is 5. The van der Waals surface area contributed by atoms with Crippen LogP contribution in [0.3, 0.4) is 0 Å². The molecule has 1 aromatic carbocycles. The van der Waals surface area contributed by atoms with E-state index in [1.165, 1.54) is 12.3 Å². The number of aromatic nitrogens is 1. The average molecular weight is 394 g/mol. The molecule has 9 nitrogen and oxygen atoms in total. The number of anilines is 2. The Bertz CT molecular complexity index is 791. The Morgan fingerprint density at radius 3 is 2.67 bits per heavy atom. The number of hydrogen-bond donors (Lipinski definition) is 3. The number of nitrogens with one attached hydrogen (secondary N) is 2. The summed E-state index contributed by atoms with van der Waals surface area (Å²) in [6, 6.07) is 3.45. The van der Waals surface area contributed by atoms with Crippen LogP contribution in [0.5, 0.6) is 0 Å². The lowest BCUT2D eigenvalue weighted by Gasteiger charge is -2.07. The molecule has 0 aliphatic carbocycles. The van der Waals surface area contributed by atoms with Gasteiger partial charge in [-0.2, -0.15) is 0 Å². The summed E-state index contributed by atoms with van der Waals surface area (Å²) < 4.78 is 27.2. The van der Waals surface area contributed by atoms with Gasteiger partial charge in [-0.1, -0.05) is 11.3 Å². The Morgan fingerprint density at radius 2 is 2.14 bits per heavy atom. The summed E-state index contributed by atoms with van der Waals surface area (Å²) >= 11 is 4.19. The molecule has 12 heteroatoms. The van der Waals surface area contributed by atoms with E-state index >= 15 is 0 Å². The molecule has 21 heavy (non-hydrogen) atoms. The van der Waals surface area contributed by atoms with E-state index in [0.29, 0.717) is 3.79 Å². The lowest BCUT2D eigenvalue weighted by atomic mass is 10.3. The summed E-state index contributed by atoms with van der Waals surface area (Å²) in [4.78, 5) is 13.6. The molecule has 0 aliphatic rings. The van der Waals surface area contributed by atoms with Crippen molar-refractivity contribution in [2.24, 2.45) is 5.84 Å². The second-order valence-electron chi connectivity index (χ2n) is 3.66. The fourth-order valence-electron chi connectivity index (χ4n) is 1.45. The first-order valence-electron chi connectivity index (χ1n) is 5.22. The van der Waals surface area contributed by atoms with E-state index in [9.17, 15) is 18.5 Å². The molecule has 4 N–H and O–H groups in total. The van der Waals surface area contributed by atoms with Crippen molar-refractivity contribution in [1.29, 1.82) is 0 Å². The number of thiazole rings is 1. The summed E-state index contributed by atoms with van der Waals surface area (Å²) in [6.45, 7) is 0. The maximum Gasteiger partial charge on any atom is 0.291 e. The van der Waals surface area contributed by atoms with Crippen molar-refractivity contribution in [3.05, 3.63) is 38.3 Å². The van der Waals surface area contributed by atoms with Gasteiger partial charge in [0.25, 0.3) is 15.7 Å². The summed E-state index contributed by atoms with van der Waals surface area (Å²) in [6.07, 6.45) is 1.42. The van der Waals surface area contributed by atoms with Crippen LogP contribution in [0, 0.1) is 10.1 Å². The molecule has 1 heterocycles. The zero-order chi connectivity index (χ0) is 15.6. The van der Waals surface area contributed by atoms with Crippen molar-refractivity contribution in [2.75, 3.05) is 10.1 Å². The van der Waals surface area contributed by atoms with Crippen molar-refractivity contribution in [1.82, 2.24) is 4.98 Å². The Kier molecular flexibility index (Phi) is 4.41. The molecule has 0 aliphatic heterocycles. The smallest absolute Gasteiger partial charge is 0.291 e. The van der Waals surface area contributed by atoms with Crippen LogP contribution in [0.25, 0.3) is 0 Å². The highest BCUT2D eigenvalue weighted by Gasteiger charge is 2.27. The summed E-state index contributed by atoms with van der Waals surface area (Å²) in [5.41, 5.74) is 1.85. The molecule has 0 fully saturated rings. The van der Waals surface area contributed by atoms with Crippen molar-refractivity contribution >= 4 is 53.8 Å². The number of nitrogen functional groups attached to an aromatic ring is 1. The molecule has 2 rings (SSSR count). The lowest BCUT2D eigenvalue weighted by Crippen LogP contribution is -2.15. The minimum absolute atomic E-state index is 0.0946. The first-order chi connectivity index (χ1) is 9.83. The second kappa shape index (κ2) is 5.93. The van der Waals surface area contributed by atoms with Crippen LogP contribution in [0.4, 0.5) is 16.5 Å². The van der Waals surface area contributed by atoms with Crippen LogP contribution in [0.1, 0.15) is 0 Å². The Labute approximate surface area is 131 Å². The molecule has 0 spiro atoms. The van der Waals surface area contributed by atoms with E-state index in [-0.39, 0.29) is 10.8 Å². The first kappa shape index (κ1) is 15.6. The third-order valence-electron chi connectivity index (χ3n) is 2.31. The zero-order valence-corrected chi connectivity index (χ0v) is 13.3. The molecule has 112 valence electrons. The Balaban J connectivity index is 2.46. The van der Waals surface area contributed by atoms with Crippen LogP contribution >= 0.6 is 27.3 Å². The van der Waals surface area contributed by atoms with Gasteiger partial charge in [-0.3, -0.25) is 20.7 Å². The number of halogens is 1. The van der Waals surface area contributed by atoms with Gasteiger partial charge in [-0.25, -0.2) is 13.4 Å². The maximum absolute atomic E-state index is 12.2. The summed E-state index contributed by atoms with van der Waals surface area (Å²) in [7, 11) is -4.13. The second-order valence-corrected chi connectivity index (χ2v) is 7.72. The molecule has 0 saturated carbocycles. The monoisotopic (exact) mass is 393 g/mol. The number of benzene rings is 1. The average Bonchev–Trinajstić information content (AvgIpc) is 2.82. The lowest BCUT2D eigenvalue weighted by molar-refractivity contribution is -0.387. The minimum Gasteiger partial charge on any atom is -0.324 e. The van der Waals surface area contributed by atoms with E-state index < -0.39 is 25.5 Å². The zero-order valence-electron chi connectivity index (χ0n) is 10.1. The van der Waals surface area contributed by atoms with Gasteiger partial charge in [0, 0.05) is 6.07 Å². The van der Waals surface area contributed by atoms with Crippen LogP contribution < -0.4 is 16.0 Å². The molecule has 0 unspecified atom stereocenters. The highest BCUT2D eigenvalue weighted by atomic mass is 79.9. The Hall–Kier alpha value is -1.76. The number of nitro benzene ring substituents is 1. The summed E-state index contributed by atoms with van der Waals surface area (Å²) in [5, 5.41) is 11.1. The minimum atomic E-state index is -4.13. The number of nitrogens with two attached hydrogens (primary N) is 1. The predicted molar refractivity (Wildman–Crippen MR) is 81.5 cm³/mol. The van der Waals surface area contributed by atoms with Gasteiger partial charge in [0.15, 0.2) is 10.0 Å². The molecule has 0 atom stereocenters. The van der Waals surface area contributed by atoms with E-state index in [1.54, 1.807) is 0 Å². The van der Waals surface area contributed by atoms with Gasteiger partial charge in [-0.05, 0) is 28.1 Å². The van der Waals surface area contributed by atoms with Gasteiger partial charge < -0.3 is 5.43 Å². The van der Waals surface area contributed by atoms with E-state index in [0.717, 1.165) is 23.5 Å². The fraction of sp³-hybridized carbons (Fsp3) is 0. The number of nitrogens with zero attached hydrogens (tertiary/aromatic N) is 2. The van der Waals surface area contributed by atoms with Crippen molar-refractivity contribution in [2.45, 2.75) is 4.90 Å². The molecule has 0 bridgehead atoms. The van der Waals surface area contributed by atoms with Crippen molar-refractivity contribution in [3.63, 3.8) is 0 Å². The van der Waals surface area contributed by atoms with Crippen LogP contribution in [0.15, 0.2) is 33.1 Å². The predicted octanol–water partition coefficient (Wildman–Crippen LogP) is 1.90. The fourth-order valence-corrected chi connectivity index (χ4v) is 3.95. The number of nitro groups is 1. The standard InChI is InChI=1S/C9H8BrN5O4S2/c10-8-4-12-9(20-8)14-21(18,19)7-2-1-5(13-11)3-6(7)15(16)17/h1-4,13H,11H2,(H,12,14). The molecule has 2 aromatic rings. The molecule has 1 aromatic heterocycles. The molecule has 0 saturated heterocycles. The van der Waals surface area contributed by atoms with Gasteiger partial charge in [0.1, 0.15) is 0 Å². The SMILES string of the molecule is NNc1ccc(S(=O)(=O)Nc2ncc(Br)s2)c([N+](=O)[O-])c1. The first-order valence-corrected chi connectivity index (χ1v) is 8.32. The summed E-state index contributed by atoms with van der Waals surface area (Å²) in [5.74, 6) is 5.15. The van der Waals surface area contributed by atoms with Crippen molar-refractivity contribution < 1.29 is 13.3 Å². The molecular weight excluding hydrogens is 386 g/mol.